The lowest BCUT2D eigenvalue weighted by molar-refractivity contribution is -0.130. The van der Waals surface area contributed by atoms with E-state index in [2.05, 4.69) is 13.8 Å². The molecule has 0 aliphatic heterocycles. The first-order valence-electron chi connectivity index (χ1n) is 7.45. The van der Waals surface area contributed by atoms with E-state index in [4.69, 9.17) is 1.37 Å². The van der Waals surface area contributed by atoms with Gasteiger partial charge in [0.1, 0.15) is 5.78 Å². The van der Waals surface area contributed by atoms with Crippen molar-refractivity contribution in [3.05, 3.63) is 35.9 Å². The Labute approximate surface area is 115 Å². The van der Waals surface area contributed by atoms with Crippen molar-refractivity contribution in [2.24, 2.45) is 22.7 Å². The molecule has 0 amide bonds. The third kappa shape index (κ3) is 1.43. The molecule has 2 aliphatic carbocycles. The first kappa shape index (κ1) is 11.4. The van der Waals surface area contributed by atoms with Crippen LogP contribution in [0.15, 0.2) is 30.3 Å². The number of Topliss-reactive ketones (excluding diaryl/α,β-unsaturated/α-hetero) is 2. The van der Waals surface area contributed by atoms with E-state index in [1.807, 2.05) is 6.92 Å². The highest BCUT2D eigenvalue weighted by molar-refractivity contribution is 6.14. The lowest BCUT2D eigenvalue weighted by Gasteiger charge is -2.32. The van der Waals surface area contributed by atoms with Gasteiger partial charge in [0.25, 0.3) is 0 Å². The second kappa shape index (κ2) is 3.78. The first-order valence-corrected chi connectivity index (χ1v) is 6.95. The number of hydrogen-bond acceptors (Lipinski definition) is 2. The summed E-state index contributed by atoms with van der Waals surface area (Å²) >= 11 is 0. The molecular formula is C17H20O2. The van der Waals surface area contributed by atoms with Crippen molar-refractivity contribution < 1.29 is 11.0 Å². The minimum Gasteiger partial charge on any atom is -0.298 e. The molecule has 3 unspecified atom stereocenters. The summed E-state index contributed by atoms with van der Waals surface area (Å²) in [6.07, 6.45) is 1.82. The zero-order valence-corrected chi connectivity index (χ0v) is 11.7. The van der Waals surface area contributed by atoms with Crippen molar-refractivity contribution in [1.29, 1.82) is 0 Å². The molecule has 2 saturated carbocycles. The quantitative estimate of drug-likeness (QED) is 0.600. The average Bonchev–Trinajstić information content (AvgIpc) is 2.71. The van der Waals surface area contributed by atoms with Crippen LogP contribution in [0.4, 0.5) is 0 Å². The van der Waals surface area contributed by atoms with Crippen molar-refractivity contribution >= 4 is 11.6 Å². The molecule has 0 saturated heterocycles. The maximum Gasteiger partial charge on any atom is 0.173 e. The number of fused-ring (bicyclic) bond motifs is 2. The van der Waals surface area contributed by atoms with Crippen LogP contribution in [0.25, 0.3) is 0 Å². The zero-order valence-electron chi connectivity index (χ0n) is 12.7. The maximum atomic E-state index is 12.8. The van der Waals surface area contributed by atoms with Crippen molar-refractivity contribution in [2.75, 3.05) is 0 Å². The number of ketones is 2. The number of hydrogen-bond donors (Lipinski definition) is 0. The maximum absolute atomic E-state index is 12.8. The van der Waals surface area contributed by atoms with Crippen LogP contribution in [0.5, 0.6) is 0 Å². The van der Waals surface area contributed by atoms with Gasteiger partial charge in [-0.1, -0.05) is 51.1 Å². The Hall–Kier alpha value is -1.44. The highest BCUT2D eigenvalue weighted by atomic mass is 16.2. The number of carbonyl (C=O) groups is 2. The molecule has 0 radical (unpaired) electrons. The predicted molar refractivity (Wildman–Crippen MR) is 73.9 cm³/mol. The summed E-state index contributed by atoms with van der Waals surface area (Å²) in [6.45, 7) is 6.24. The molecule has 0 aromatic heterocycles. The van der Waals surface area contributed by atoms with Gasteiger partial charge in [0.15, 0.2) is 5.78 Å². The average molecular weight is 257 g/mol. The fraction of sp³-hybridized carbons (Fsp3) is 0.529. The van der Waals surface area contributed by atoms with Crippen LogP contribution in [0, 0.1) is 22.7 Å². The predicted octanol–water partition coefficient (Wildman–Crippen LogP) is 3.51. The van der Waals surface area contributed by atoms with Crippen molar-refractivity contribution in [3.63, 3.8) is 0 Å². The molecule has 2 aliphatic rings. The third-order valence-corrected chi connectivity index (χ3v) is 5.79. The van der Waals surface area contributed by atoms with E-state index in [1.165, 1.54) is 0 Å². The Balaban J connectivity index is 2.03. The smallest absolute Gasteiger partial charge is 0.173 e. The van der Waals surface area contributed by atoms with Crippen LogP contribution in [0.1, 0.15) is 45.3 Å². The van der Waals surface area contributed by atoms with Gasteiger partial charge in [0.05, 0.1) is 7.29 Å². The Morgan fingerprint density at radius 3 is 2.63 bits per heavy atom. The topological polar surface area (TPSA) is 34.1 Å². The second-order valence-electron chi connectivity index (χ2n) is 6.68. The Bertz CT molecular complexity index is 605. The molecule has 1 aromatic rings. The molecule has 0 heterocycles. The van der Waals surface area contributed by atoms with Crippen LogP contribution in [0.3, 0.4) is 0 Å². The van der Waals surface area contributed by atoms with Gasteiger partial charge in [-0.3, -0.25) is 9.59 Å². The van der Waals surface area contributed by atoms with Crippen molar-refractivity contribution in [2.45, 2.75) is 33.6 Å². The van der Waals surface area contributed by atoms with Crippen LogP contribution in [0.2, 0.25) is 0 Å². The molecule has 2 heteroatoms. The largest absolute Gasteiger partial charge is 0.298 e. The minimum absolute atomic E-state index is 0.0898. The molecule has 3 rings (SSSR count). The number of benzene rings is 1. The van der Waals surface area contributed by atoms with Gasteiger partial charge >= 0.3 is 0 Å². The fourth-order valence-electron chi connectivity index (χ4n) is 4.10. The standard InChI is InChI=1S/C17H20O2/c1-16(2)12-9-10-17(16,3)15(19)13(12)14(18)11-7-5-4-6-8-11/h4-8,12-13H,9-10H2,1-3H3/i7D. The molecular weight excluding hydrogens is 236 g/mol. The minimum atomic E-state index is -0.546. The van der Waals surface area contributed by atoms with E-state index in [9.17, 15) is 9.59 Å². The van der Waals surface area contributed by atoms with E-state index in [-0.39, 0.29) is 34.4 Å². The monoisotopic (exact) mass is 257 g/mol. The molecule has 2 fully saturated rings. The van der Waals surface area contributed by atoms with Crippen LogP contribution >= 0.6 is 0 Å². The van der Waals surface area contributed by atoms with Gasteiger partial charge < -0.3 is 0 Å². The van der Waals surface area contributed by atoms with Gasteiger partial charge in [0, 0.05) is 11.0 Å². The van der Waals surface area contributed by atoms with Gasteiger partial charge in [0.2, 0.25) is 0 Å². The lowest BCUT2D eigenvalue weighted by Crippen LogP contribution is -2.35. The molecule has 1 aromatic carbocycles. The van der Waals surface area contributed by atoms with Crippen LogP contribution in [-0.4, -0.2) is 11.6 Å². The summed E-state index contributed by atoms with van der Waals surface area (Å²) in [5.74, 6) is -0.489. The normalized spacial score (nSPS) is 36.4. The van der Waals surface area contributed by atoms with Crippen LogP contribution in [-0.2, 0) is 4.79 Å². The highest BCUT2D eigenvalue weighted by Gasteiger charge is 2.67. The summed E-state index contributed by atoms with van der Waals surface area (Å²) in [6, 6.07) is 7.00. The number of rotatable bonds is 2. The molecule has 2 nitrogen and oxygen atoms in total. The third-order valence-electron chi connectivity index (χ3n) is 5.79. The van der Waals surface area contributed by atoms with Gasteiger partial charge in [-0.25, -0.2) is 0 Å². The van der Waals surface area contributed by atoms with E-state index >= 15 is 0 Å². The van der Waals surface area contributed by atoms with Gasteiger partial charge in [-0.05, 0) is 24.2 Å². The first-order chi connectivity index (χ1) is 9.30. The zero-order chi connectivity index (χ0) is 14.7. The van der Waals surface area contributed by atoms with E-state index in [1.54, 1.807) is 24.3 Å². The Kier molecular flexibility index (Phi) is 2.27. The summed E-state index contributed by atoms with van der Waals surface area (Å²) in [5, 5.41) is 0. The molecule has 0 spiro atoms. The lowest BCUT2D eigenvalue weighted by atomic mass is 9.70. The Morgan fingerprint density at radius 2 is 2.05 bits per heavy atom. The van der Waals surface area contributed by atoms with Crippen molar-refractivity contribution in [3.8, 4) is 0 Å². The van der Waals surface area contributed by atoms with E-state index in [0.717, 1.165) is 12.8 Å². The Morgan fingerprint density at radius 1 is 1.32 bits per heavy atom. The van der Waals surface area contributed by atoms with Crippen LogP contribution < -0.4 is 0 Å². The van der Waals surface area contributed by atoms with Crippen molar-refractivity contribution in [1.82, 2.24) is 0 Å². The number of carbonyl (C=O) groups excluding carboxylic acids is 2. The van der Waals surface area contributed by atoms with E-state index in [0.29, 0.717) is 5.56 Å². The van der Waals surface area contributed by atoms with Gasteiger partial charge in [-0.2, -0.15) is 0 Å². The highest BCUT2D eigenvalue weighted by Crippen LogP contribution is 2.66. The second-order valence-corrected chi connectivity index (χ2v) is 6.68. The SMILES string of the molecule is [2H]c1ccccc1C(=O)C1C(=O)C2(C)CCC1C2(C)C. The fourth-order valence-corrected chi connectivity index (χ4v) is 4.10. The summed E-state index contributed by atoms with van der Waals surface area (Å²) in [7, 11) is 0. The summed E-state index contributed by atoms with van der Waals surface area (Å²) < 4.78 is 7.88. The van der Waals surface area contributed by atoms with Gasteiger partial charge in [-0.15, -0.1) is 0 Å². The molecule has 3 atom stereocenters. The molecule has 19 heavy (non-hydrogen) atoms. The summed E-state index contributed by atoms with van der Waals surface area (Å²) in [5.41, 5.74) is -0.117. The van der Waals surface area contributed by atoms with E-state index < -0.39 is 5.92 Å². The summed E-state index contributed by atoms with van der Waals surface area (Å²) in [4.78, 5) is 25.5. The molecule has 0 N–H and O–H groups in total. The molecule has 2 bridgehead atoms. The molecule has 100 valence electrons.